The number of H-pyrrole nitrogens is 1. The van der Waals surface area contributed by atoms with Crippen LogP contribution in [0.2, 0.25) is 0 Å². The Morgan fingerprint density at radius 1 is 1.00 bits per heavy atom. The summed E-state index contributed by atoms with van der Waals surface area (Å²) >= 11 is 0. The Balaban J connectivity index is 1.53. The van der Waals surface area contributed by atoms with Crippen molar-refractivity contribution < 1.29 is 0 Å². The van der Waals surface area contributed by atoms with Crippen molar-refractivity contribution in [1.82, 2.24) is 39.7 Å². The summed E-state index contributed by atoms with van der Waals surface area (Å²) in [7, 11) is 2.09. The van der Waals surface area contributed by atoms with Gasteiger partial charge in [-0.15, -0.1) is 10.2 Å². The molecule has 5 aromatic rings. The van der Waals surface area contributed by atoms with E-state index in [2.05, 4.69) is 94.0 Å². The number of pyridine rings is 1. The van der Waals surface area contributed by atoms with Crippen molar-refractivity contribution in [2.45, 2.75) is 53.5 Å². The standard InChI is InChI=1S/C26H30N8/c1-6-8-22-28-23-16(3)13-17(4)27-26(23)34(22)15-18-9-11-19(12-10-18)24-21(25-29-31-32-30-25)14-20(7-2)33(24)5/h9-14H,6-8,15H2,1-5H3,(H,29,30,31,32). The number of aromatic amines is 1. The van der Waals surface area contributed by atoms with Crippen molar-refractivity contribution in [2.24, 2.45) is 7.05 Å². The van der Waals surface area contributed by atoms with Gasteiger partial charge in [-0.1, -0.05) is 38.1 Å². The molecule has 4 heterocycles. The van der Waals surface area contributed by atoms with E-state index in [0.717, 1.165) is 65.3 Å². The molecule has 0 saturated carbocycles. The number of nitrogens with zero attached hydrogens (tertiary/aromatic N) is 7. The highest BCUT2D eigenvalue weighted by Gasteiger charge is 2.19. The lowest BCUT2D eigenvalue weighted by Gasteiger charge is -2.11. The van der Waals surface area contributed by atoms with E-state index >= 15 is 0 Å². The van der Waals surface area contributed by atoms with Crippen LogP contribution in [-0.2, 0) is 26.4 Å². The van der Waals surface area contributed by atoms with E-state index in [0.29, 0.717) is 5.82 Å². The SMILES string of the molecule is CCCc1nc2c(C)cc(C)nc2n1Cc1ccc(-c2c(-c3nn[nH]n3)cc(CC)n2C)cc1. The third kappa shape index (κ3) is 3.79. The molecular weight excluding hydrogens is 424 g/mol. The Kier molecular flexibility index (Phi) is 5.73. The summed E-state index contributed by atoms with van der Waals surface area (Å²) in [6, 6.07) is 13.0. The number of hydrogen-bond acceptors (Lipinski definition) is 5. The minimum atomic E-state index is 0.611. The second kappa shape index (κ2) is 8.85. The van der Waals surface area contributed by atoms with E-state index in [-0.39, 0.29) is 0 Å². The molecule has 0 fully saturated rings. The maximum atomic E-state index is 4.94. The van der Waals surface area contributed by atoms with Crippen LogP contribution in [0.3, 0.4) is 0 Å². The van der Waals surface area contributed by atoms with Gasteiger partial charge in [0.1, 0.15) is 11.3 Å². The number of rotatable bonds is 7. The fourth-order valence-corrected chi connectivity index (χ4v) is 4.77. The van der Waals surface area contributed by atoms with E-state index in [4.69, 9.17) is 9.97 Å². The van der Waals surface area contributed by atoms with Gasteiger partial charge < -0.3 is 9.13 Å². The molecule has 8 heteroatoms. The Morgan fingerprint density at radius 2 is 1.79 bits per heavy atom. The zero-order valence-electron chi connectivity index (χ0n) is 20.4. The topological polar surface area (TPSA) is 90.1 Å². The number of aromatic nitrogens is 8. The molecule has 0 aliphatic carbocycles. The van der Waals surface area contributed by atoms with E-state index in [1.54, 1.807) is 0 Å². The van der Waals surface area contributed by atoms with Crippen LogP contribution in [-0.4, -0.2) is 39.7 Å². The molecule has 0 radical (unpaired) electrons. The summed E-state index contributed by atoms with van der Waals surface area (Å²) in [6.45, 7) is 9.25. The Hall–Kier alpha value is -3.81. The number of benzene rings is 1. The van der Waals surface area contributed by atoms with Crippen molar-refractivity contribution in [1.29, 1.82) is 0 Å². The van der Waals surface area contributed by atoms with Crippen molar-refractivity contribution in [3.05, 3.63) is 64.7 Å². The van der Waals surface area contributed by atoms with Gasteiger partial charge in [0.2, 0.25) is 5.82 Å². The second-order valence-corrected chi connectivity index (χ2v) is 8.86. The maximum Gasteiger partial charge on any atom is 0.206 e. The van der Waals surface area contributed by atoms with Gasteiger partial charge in [0.25, 0.3) is 0 Å². The van der Waals surface area contributed by atoms with Gasteiger partial charge in [-0.25, -0.2) is 9.97 Å². The highest BCUT2D eigenvalue weighted by Crippen LogP contribution is 2.33. The van der Waals surface area contributed by atoms with Crippen LogP contribution in [0, 0.1) is 13.8 Å². The molecule has 1 aromatic carbocycles. The number of nitrogens with one attached hydrogen (secondary N) is 1. The first-order chi connectivity index (χ1) is 16.5. The highest BCUT2D eigenvalue weighted by molar-refractivity contribution is 5.79. The number of tetrazole rings is 1. The Morgan fingerprint density at radius 3 is 2.47 bits per heavy atom. The van der Waals surface area contributed by atoms with Gasteiger partial charge in [0.15, 0.2) is 5.65 Å². The zero-order valence-corrected chi connectivity index (χ0v) is 20.4. The lowest BCUT2D eigenvalue weighted by Crippen LogP contribution is -2.06. The van der Waals surface area contributed by atoms with Gasteiger partial charge >= 0.3 is 0 Å². The van der Waals surface area contributed by atoms with Gasteiger partial charge in [-0.05, 0) is 60.7 Å². The van der Waals surface area contributed by atoms with Crippen molar-refractivity contribution >= 4 is 11.2 Å². The van der Waals surface area contributed by atoms with Crippen LogP contribution in [0.15, 0.2) is 36.4 Å². The molecule has 5 rings (SSSR count). The van der Waals surface area contributed by atoms with Crippen LogP contribution in [0.25, 0.3) is 33.8 Å². The Bertz CT molecular complexity index is 1440. The van der Waals surface area contributed by atoms with Gasteiger partial charge in [0, 0.05) is 30.4 Å². The van der Waals surface area contributed by atoms with Gasteiger partial charge in [-0.3, -0.25) is 0 Å². The molecule has 0 spiro atoms. The average Bonchev–Trinajstić information content (AvgIpc) is 3.54. The summed E-state index contributed by atoms with van der Waals surface area (Å²) in [4.78, 5) is 9.78. The first-order valence-electron chi connectivity index (χ1n) is 11.8. The first-order valence-corrected chi connectivity index (χ1v) is 11.8. The monoisotopic (exact) mass is 454 g/mol. The largest absolute Gasteiger partial charge is 0.347 e. The molecule has 0 aliphatic rings. The smallest absolute Gasteiger partial charge is 0.206 e. The van der Waals surface area contributed by atoms with Crippen molar-refractivity contribution in [3.8, 4) is 22.6 Å². The highest BCUT2D eigenvalue weighted by atomic mass is 15.5. The van der Waals surface area contributed by atoms with E-state index < -0.39 is 0 Å². The predicted molar refractivity (Wildman–Crippen MR) is 133 cm³/mol. The minimum Gasteiger partial charge on any atom is -0.347 e. The third-order valence-corrected chi connectivity index (χ3v) is 6.42. The molecule has 0 unspecified atom stereocenters. The molecule has 8 nitrogen and oxygen atoms in total. The van der Waals surface area contributed by atoms with Crippen LogP contribution < -0.4 is 0 Å². The predicted octanol–water partition coefficient (Wildman–Crippen LogP) is 4.80. The van der Waals surface area contributed by atoms with E-state index in [9.17, 15) is 0 Å². The molecule has 0 atom stereocenters. The molecule has 4 aromatic heterocycles. The summed E-state index contributed by atoms with van der Waals surface area (Å²) in [5.41, 5.74) is 9.83. The summed E-state index contributed by atoms with van der Waals surface area (Å²) in [5, 5.41) is 14.8. The molecule has 1 N–H and O–H groups in total. The second-order valence-electron chi connectivity index (χ2n) is 8.86. The summed E-state index contributed by atoms with van der Waals surface area (Å²) in [6.07, 6.45) is 2.91. The molecule has 0 amide bonds. The molecular formula is C26H30N8. The van der Waals surface area contributed by atoms with Crippen LogP contribution in [0.1, 0.15) is 48.6 Å². The molecule has 174 valence electrons. The maximum absolute atomic E-state index is 4.94. The number of aryl methyl sites for hydroxylation is 4. The quantitative estimate of drug-likeness (QED) is 0.382. The Labute approximate surface area is 199 Å². The molecule has 0 bridgehead atoms. The van der Waals surface area contributed by atoms with E-state index in [1.165, 1.54) is 16.8 Å². The van der Waals surface area contributed by atoms with Gasteiger partial charge in [-0.2, -0.15) is 5.21 Å². The lowest BCUT2D eigenvalue weighted by atomic mass is 10.1. The van der Waals surface area contributed by atoms with Crippen LogP contribution in [0.5, 0.6) is 0 Å². The van der Waals surface area contributed by atoms with Crippen molar-refractivity contribution in [3.63, 3.8) is 0 Å². The number of imidazole rings is 1. The van der Waals surface area contributed by atoms with Crippen LogP contribution in [0.4, 0.5) is 0 Å². The minimum absolute atomic E-state index is 0.611. The zero-order chi connectivity index (χ0) is 23.8. The summed E-state index contributed by atoms with van der Waals surface area (Å²) < 4.78 is 4.50. The van der Waals surface area contributed by atoms with Gasteiger partial charge in [0.05, 0.1) is 12.2 Å². The molecule has 0 aliphatic heterocycles. The third-order valence-electron chi connectivity index (χ3n) is 6.42. The normalized spacial score (nSPS) is 11.6. The average molecular weight is 455 g/mol. The molecule has 34 heavy (non-hydrogen) atoms. The summed E-state index contributed by atoms with van der Waals surface area (Å²) in [5.74, 6) is 1.71. The lowest BCUT2D eigenvalue weighted by molar-refractivity contribution is 0.716. The molecule has 0 saturated heterocycles. The fraction of sp³-hybridized carbons (Fsp3) is 0.346. The first kappa shape index (κ1) is 22.0. The van der Waals surface area contributed by atoms with Crippen LogP contribution >= 0.6 is 0 Å². The number of hydrogen-bond donors (Lipinski definition) is 1. The fourth-order valence-electron chi connectivity index (χ4n) is 4.77. The number of fused-ring (bicyclic) bond motifs is 1. The van der Waals surface area contributed by atoms with E-state index in [1.807, 2.05) is 6.92 Å². The van der Waals surface area contributed by atoms with Crippen molar-refractivity contribution in [2.75, 3.05) is 0 Å².